The highest BCUT2D eigenvalue weighted by molar-refractivity contribution is 5.41. The van der Waals surface area contributed by atoms with Gasteiger partial charge in [-0.1, -0.05) is 41.9 Å². The third-order valence-corrected chi connectivity index (χ3v) is 10.7. The van der Waals surface area contributed by atoms with Gasteiger partial charge < -0.3 is 10.4 Å². The van der Waals surface area contributed by atoms with E-state index in [9.17, 15) is 5.11 Å². The monoisotopic (exact) mass is 423 g/mol. The van der Waals surface area contributed by atoms with E-state index in [0.29, 0.717) is 24.0 Å². The molecule has 1 aliphatic heterocycles. The van der Waals surface area contributed by atoms with Crippen molar-refractivity contribution in [3.8, 4) is 0 Å². The van der Waals surface area contributed by atoms with Crippen molar-refractivity contribution in [3.05, 3.63) is 34.9 Å². The Bertz CT molecular complexity index is 806. The van der Waals surface area contributed by atoms with Gasteiger partial charge in [0.15, 0.2) is 0 Å². The predicted octanol–water partition coefficient (Wildman–Crippen LogP) is 6.57. The molecular formula is C29H45NO. The van der Waals surface area contributed by atoms with Crippen LogP contribution in [0.5, 0.6) is 0 Å². The van der Waals surface area contributed by atoms with Gasteiger partial charge in [-0.05, 0) is 120 Å². The Labute approximate surface area is 190 Å². The average Bonchev–Trinajstić information content (AvgIpc) is 3.24. The fraction of sp³-hybridized carbons (Fsp3) is 0.793. The lowest BCUT2D eigenvalue weighted by Crippen LogP contribution is -2.60. The number of aliphatic hydroxyl groups excluding tert-OH is 1. The van der Waals surface area contributed by atoms with E-state index in [1.807, 2.05) is 0 Å². The van der Waals surface area contributed by atoms with Gasteiger partial charge in [-0.15, -0.1) is 0 Å². The number of fused-ring (bicyclic) bond motifs is 4. The van der Waals surface area contributed by atoms with E-state index in [0.717, 1.165) is 30.1 Å². The van der Waals surface area contributed by atoms with Gasteiger partial charge >= 0.3 is 0 Å². The highest BCUT2D eigenvalue weighted by Gasteiger charge is 2.58. The van der Waals surface area contributed by atoms with Crippen molar-refractivity contribution < 1.29 is 5.11 Å². The van der Waals surface area contributed by atoms with E-state index < -0.39 is 0 Å². The average molecular weight is 424 g/mol. The van der Waals surface area contributed by atoms with E-state index in [2.05, 4.69) is 45.7 Å². The summed E-state index contributed by atoms with van der Waals surface area (Å²) in [7, 11) is 0. The standard InChI is InChI=1S/C29H45NO/c1-18(2)21-10-12-28(4)17-23(14-19(3)25(28)16-21)26-9-8-24-15-22-7-6-20(11-13-31)27(22)29(24,5)30-26/h14,20-22,24,26-27,30-31H,1,6-13,15-17H2,2-5H3. The normalized spacial score (nSPS) is 46.9. The van der Waals surface area contributed by atoms with E-state index in [4.69, 9.17) is 0 Å². The minimum atomic E-state index is 0.265. The maximum Gasteiger partial charge on any atom is 0.0433 e. The quantitative estimate of drug-likeness (QED) is 0.501. The Kier molecular flexibility index (Phi) is 5.58. The predicted molar refractivity (Wildman–Crippen MR) is 130 cm³/mol. The minimum absolute atomic E-state index is 0.265. The molecule has 5 aliphatic rings. The van der Waals surface area contributed by atoms with Gasteiger partial charge in [0.25, 0.3) is 0 Å². The van der Waals surface area contributed by atoms with Gasteiger partial charge in [-0.25, -0.2) is 0 Å². The number of aliphatic hydroxyl groups is 1. The van der Waals surface area contributed by atoms with Crippen molar-refractivity contribution in [2.45, 2.75) is 103 Å². The Balaban J connectivity index is 1.39. The Morgan fingerprint density at radius 1 is 1.19 bits per heavy atom. The van der Waals surface area contributed by atoms with E-state index in [1.54, 1.807) is 16.7 Å². The Morgan fingerprint density at radius 3 is 2.74 bits per heavy atom. The van der Waals surface area contributed by atoms with Gasteiger partial charge in [0.2, 0.25) is 0 Å². The van der Waals surface area contributed by atoms with Crippen molar-refractivity contribution in [3.63, 3.8) is 0 Å². The fourth-order valence-electron chi connectivity index (χ4n) is 9.10. The second-order valence-electron chi connectivity index (χ2n) is 12.5. The number of hydrogen-bond donors (Lipinski definition) is 2. The summed E-state index contributed by atoms with van der Waals surface area (Å²) >= 11 is 0. The zero-order valence-corrected chi connectivity index (χ0v) is 20.5. The molecule has 2 nitrogen and oxygen atoms in total. The molecule has 2 heteroatoms. The Morgan fingerprint density at radius 2 is 2.00 bits per heavy atom. The zero-order chi connectivity index (χ0) is 22.0. The molecule has 1 heterocycles. The molecule has 4 fully saturated rings. The van der Waals surface area contributed by atoms with E-state index in [1.165, 1.54) is 63.4 Å². The smallest absolute Gasteiger partial charge is 0.0433 e. The van der Waals surface area contributed by atoms with Crippen LogP contribution >= 0.6 is 0 Å². The molecule has 0 aromatic rings. The van der Waals surface area contributed by atoms with Crippen LogP contribution in [0.2, 0.25) is 0 Å². The maximum absolute atomic E-state index is 9.66. The van der Waals surface area contributed by atoms with Gasteiger partial charge in [-0.2, -0.15) is 0 Å². The van der Waals surface area contributed by atoms with Crippen molar-refractivity contribution in [2.24, 2.45) is 35.0 Å². The maximum atomic E-state index is 9.66. The molecule has 5 rings (SSSR count). The van der Waals surface area contributed by atoms with Crippen LogP contribution in [0.25, 0.3) is 0 Å². The third kappa shape index (κ3) is 3.52. The topological polar surface area (TPSA) is 32.3 Å². The summed E-state index contributed by atoms with van der Waals surface area (Å²) < 4.78 is 0. The van der Waals surface area contributed by atoms with Crippen molar-refractivity contribution in [1.29, 1.82) is 0 Å². The molecule has 8 unspecified atom stereocenters. The first kappa shape index (κ1) is 22.0. The summed E-state index contributed by atoms with van der Waals surface area (Å²) in [4.78, 5) is 0. The molecule has 31 heavy (non-hydrogen) atoms. The van der Waals surface area contributed by atoms with Crippen LogP contribution in [-0.4, -0.2) is 23.3 Å². The molecule has 2 N–H and O–H groups in total. The van der Waals surface area contributed by atoms with Gasteiger partial charge in [0.05, 0.1) is 0 Å². The zero-order valence-electron chi connectivity index (χ0n) is 20.5. The lowest BCUT2D eigenvalue weighted by Gasteiger charge is -2.50. The summed E-state index contributed by atoms with van der Waals surface area (Å²) in [6.45, 7) is 14.3. The van der Waals surface area contributed by atoms with Crippen LogP contribution < -0.4 is 5.32 Å². The fourth-order valence-corrected chi connectivity index (χ4v) is 9.10. The molecule has 172 valence electrons. The lowest BCUT2D eigenvalue weighted by molar-refractivity contribution is 0.0950. The van der Waals surface area contributed by atoms with Crippen LogP contribution in [0, 0.1) is 35.0 Å². The molecule has 4 aliphatic carbocycles. The highest BCUT2D eigenvalue weighted by Crippen LogP contribution is 2.60. The van der Waals surface area contributed by atoms with Gasteiger partial charge in [0, 0.05) is 18.2 Å². The Hall–Kier alpha value is -0.860. The lowest BCUT2D eigenvalue weighted by atomic mass is 9.60. The largest absolute Gasteiger partial charge is 0.396 e. The van der Waals surface area contributed by atoms with Crippen LogP contribution in [0.4, 0.5) is 0 Å². The van der Waals surface area contributed by atoms with Crippen molar-refractivity contribution >= 4 is 0 Å². The summed E-state index contributed by atoms with van der Waals surface area (Å²) in [5.74, 6) is 3.89. The first-order valence-corrected chi connectivity index (χ1v) is 13.2. The molecular weight excluding hydrogens is 378 g/mol. The van der Waals surface area contributed by atoms with Crippen LogP contribution in [0.1, 0.15) is 91.9 Å². The molecule has 0 radical (unpaired) electrons. The summed E-state index contributed by atoms with van der Waals surface area (Å²) in [6.07, 6.45) is 15.5. The molecule has 0 bridgehead atoms. The minimum Gasteiger partial charge on any atom is -0.396 e. The van der Waals surface area contributed by atoms with Crippen molar-refractivity contribution in [2.75, 3.05) is 6.61 Å². The molecule has 0 aromatic carbocycles. The number of allylic oxidation sites excluding steroid dienone is 4. The molecule has 0 amide bonds. The molecule has 1 saturated heterocycles. The first-order chi connectivity index (χ1) is 14.7. The molecule has 0 aromatic heterocycles. The third-order valence-electron chi connectivity index (χ3n) is 10.7. The van der Waals surface area contributed by atoms with E-state index >= 15 is 0 Å². The highest BCUT2D eigenvalue weighted by atomic mass is 16.3. The summed E-state index contributed by atoms with van der Waals surface area (Å²) in [5, 5.41) is 14.0. The molecule has 0 spiro atoms. The molecule has 3 saturated carbocycles. The SMILES string of the molecule is C=C(C)C1CCC2(C)CC(C3CCC4CC5CCC(CCO)C5C4(C)N3)=CC(C)=C2C1. The first-order valence-electron chi connectivity index (χ1n) is 13.2. The number of piperidine rings is 1. The number of rotatable bonds is 4. The van der Waals surface area contributed by atoms with Crippen LogP contribution in [-0.2, 0) is 0 Å². The summed E-state index contributed by atoms with van der Waals surface area (Å²) in [6, 6.07) is 0.544. The van der Waals surface area contributed by atoms with Gasteiger partial charge in [-0.3, -0.25) is 0 Å². The van der Waals surface area contributed by atoms with Crippen LogP contribution in [0.15, 0.2) is 34.9 Å². The molecule has 8 atom stereocenters. The number of hydrogen-bond acceptors (Lipinski definition) is 2. The van der Waals surface area contributed by atoms with E-state index in [-0.39, 0.29) is 5.54 Å². The summed E-state index contributed by atoms with van der Waals surface area (Å²) in [5.41, 5.74) is 6.93. The van der Waals surface area contributed by atoms with Crippen molar-refractivity contribution in [1.82, 2.24) is 5.32 Å². The second-order valence-corrected chi connectivity index (χ2v) is 12.5. The van der Waals surface area contributed by atoms with Gasteiger partial charge in [0.1, 0.15) is 0 Å². The van der Waals surface area contributed by atoms with Crippen LogP contribution in [0.3, 0.4) is 0 Å². The second kappa shape index (κ2) is 7.87. The number of nitrogens with one attached hydrogen (secondary N) is 1.